The largest absolute Gasteiger partial charge is 0.463 e. The van der Waals surface area contributed by atoms with Gasteiger partial charge in [-0.3, -0.25) is 19.2 Å². The van der Waals surface area contributed by atoms with Crippen LogP contribution in [0.5, 0.6) is 0 Å². The molecule has 32 heavy (non-hydrogen) atoms. The summed E-state index contributed by atoms with van der Waals surface area (Å²) in [5, 5.41) is 2.56. The predicted octanol–water partition coefficient (Wildman–Crippen LogP) is -0.222. The van der Waals surface area contributed by atoms with Crippen molar-refractivity contribution >= 4 is 29.8 Å². The van der Waals surface area contributed by atoms with E-state index in [2.05, 4.69) is 11.9 Å². The molecule has 1 aliphatic rings. The van der Waals surface area contributed by atoms with Crippen molar-refractivity contribution in [3.05, 3.63) is 12.2 Å². The van der Waals surface area contributed by atoms with Crippen LogP contribution in [-0.4, -0.2) is 80.2 Å². The van der Waals surface area contributed by atoms with E-state index in [0.29, 0.717) is 0 Å². The van der Waals surface area contributed by atoms with E-state index in [1.165, 1.54) is 20.8 Å². The van der Waals surface area contributed by atoms with Crippen LogP contribution in [0.2, 0.25) is 0 Å². The second kappa shape index (κ2) is 12.8. The Bertz CT molecular complexity index is 735. The molecule has 1 N–H and O–H groups in total. The van der Waals surface area contributed by atoms with Gasteiger partial charge in [0, 0.05) is 33.3 Å². The van der Waals surface area contributed by atoms with E-state index in [9.17, 15) is 24.0 Å². The fraction of sp³-hybridized carbons (Fsp3) is 0.650. The highest BCUT2D eigenvalue weighted by Gasteiger charge is 2.51. The third kappa shape index (κ3) is 9.02. The smallest absolute Gasteiger partial charge is 0.333 e. The Balaban J connectivity index is 3.13. The van der Waals surface area contributed by atoms with Gasteiger partial charge in [0.15, 0.2) is 18.5 Å². The number of hydrogen-bond donors (Lipinski definition) is 1. The number of nitrogens with one attached hydrogen (secondary N) is 1. The van der Waals surface area contributed by atoms with Crippen molar-refractivity contribution in [1.82, 2.24) is 5.32 Å². The summed E-state index contributed by atoms with van der Waals surface area (Å²) in [6.45, 7) is 8.98. The lowest BCUT2D eigenvalue weighted by atomic mass is 9.96. The number of carbonyl (C=O) groups excluding carboxylic acids is 5. The van der Waals surface area contributed by atoms with Crippen LogP contribution in [-0.2, 0) is 52.4 Å². The minimum Gasteiger partial charge on any atom is -0.463 e. The van der Waals surface area contributed by atoms with E-state index < -0.39 is 60.4 Å². The van der Waals surface area contributed by atoms with Crippen LogP contribution < -0.4 is 5.32 Å². The molecular weight excluding hydrogens is 430 g/mol. The van der Waals surface area contributed by atoms with Gasteiger partial charge in [0.2, 0.25) is 5.91 Å². The molecule has 5 atom stereocenters. The molecule has 0 spiro atoms. The zero-order chi connectivity index (χ0) is 24.4. The van der Waals surface area contributed by atoms with Gasteiger partial charge in [0.05, 0.1) is 6.61 Å². The first-order valence-corrected chi connectivity index (χ1v) is 9.77. The van der Waals surface area contributed by atoms with Crippen LogP contribution in [0.15, 0.2) is 12.2 Å². The number of ether oxygens (including phenoxy) is 6. The molecule has 1 rings (SSSR count). The van der Waals surface area contributed by atoms with E-state index in [0.717, 1.165) is 13.8 Å². The summed E-state index contributed by atoms with van der Waals surface area (Å²) in [5.41, 5.74) is 0.204. The summed E-state index contributed by atoms with van der Waals surface area (Å²) < 4.78 is 31.9. The Morgan fingerprint density at radius 1 is 0.844 bits per heavy atom. The van der Waals surface area contributed by atoms with Crippen LogP contribution in [0.25, 0.3) is 0 Å². The van der Waals surface area contributed by atoms with Crippen molar-refractivity contribution in [3.8, 4) is 0 Å². The molecule has 1 fully saturated rings. The number of amides is 1. The van der Waals surface area contributed by atoms with Crippen LogP contribution in [0.1, 0.15) is 34.6 Å². The summed E-state index contributed by atoms with van der Waals surface area (Å²) >= 11 is 0. The number of hydrogen-bond acceptors (Lipinski definition) is 11. The zero-order valence-corrected chi connectivity index (χ0v) is 18.7. The van der Waals surface area contributed by atoms with E-state index in [4.69, 9.17) is 28.4 Å². The second-order valence-corrected chi connectivity index (χ2v) is 7.01. The van der Waals surface area contributed by atoms with Crippen molar-refractivity contribution in [2.75, 3.05) is 19.8 Å². The van der Waals surface area contributed by atoms with Crippen molar-refractivity contribution in [2.24, 2.45) is 0 Å². The predicted molar refractivity (Wildman–Crippen MR) is 106 cm³/mol. The molecule has 12 heteroatoms. The van der Waals surface area contributed by atoms with Gasteiger partial charge in [-0.1, -0.05) is 6.58 Å². The molecule has 0 bridgehead atoms. The molecule has 1 heterocycles. The zero-order valence-electron chi connectivity index (χ0n) is 18.7. The fourth-order valence-electron chi connectivity index (χ4n) is 2.86. The highest BCUT2D eigenvalue weighted by atomic mass is 16.7. The Morgan fingerprint density at radius 3 is 1.94 bits per heavy atom. The molecule has 0 aromatic carbocycles. The van der Waals surface area contributed by atoms with Gasteiger partial charge >= 0.3 is 23.9 Å². The SMILES string of the molecule is C=C(C)C(=O)OCCO[C@@H]1O[C@H](COC(C)=O)[C@@H](OC(C)=O)[C@H](OC(C)=O)[C@H]1NC(C)=O. The van der Waals surface area contributed by atoms with Crippen LogP contribution in [0.4, 0.5) is 0 Å². The van der Waals surface area contributed by atoms with Crippen molar-refractivity contribution < 1.29 is 52.4 Å². The third-order valence-electron chi connectivity index (χ3n) is 4.02. The molecular formula is C20H29NO11. The minimum atomic E-state index is -1.22. The molecule has 0 aliphatic carbocycles. The van der Waals surface area contributed by atoms with E-state index >= 15 is 0 Å². The van der Waals surface area contributed by atoms with Crippen LogP contribution >= 0.6 is 0 Å². The molecule has 1 saturated heterocycles. The maximum absolute atomic E-state index is 11.8. The highest BCUT2D eigenvalue weighted by Crippen LogP contribution is 2.28. The van der Waals surface area contributed by atoms with Crippen LogP contribution in [0.3, 0.4) is 0 Å². The Kier molecular flexibility index (Phi) is 10.8. The molecule has 1 aliphatic heterocycles. The maximum Gasteiger partial charge on any atom is 0.333 e. The molecule has 1 amide bonds. The maximum atomic E-state index is 11.8. The Hall–Kier alpha value is -2.99. The van der Waals surface area contributed by atoms with Crippen LogP contribution in [0, 0.1) is 0 Å². The first-order chi connectivity index (χ1) is 14.9. The number of carbonyl (C=O) groups is 5. The normalized spacial score (nSPS) is 24.6. The third-order valence-corrected chi connectivity index (χ3v) is 4.02. The molecule has 180 valence electrons. The topological polar surface area (TPSA) is 153 Å². The van der Waals surface area contributed by atoms with Gasteiger partial charge in [0.1, 0.15) is 25.4 Å². The molecule has 0 radical (unpaired) electrons. The first kappa shape index (κ1) is 27.0. The Morgan fingerprint density at radius 2 is 1.44 bits per heavy atom. The Labute approximate surface area is 185 Å². The fourth-order valence-corrected chi connectivity index (χ4v) is 2.86. The van der Waals surface area contributed by atoms with Gasteiger partial charge in [0.25, 0.3) is 0 Å². The van der Waals surface area contributed by atoms with Crippen molar-refractivity contribution in [2.45, 2.75) is 65.3 Å². The minimum absolute atomic E-state index is 0.148. The summed E-state index contributed by atoms with van der Waals surface area (Å²) in [6.07, 6.45) is -4.74. The van der Waals surface area contributed by atoms with Crippen molar-refractivity contribution in [1.29, 1.82) is 0 Å². The van der Waals surface area contributed by atoms with Gasteiger partial charge in [-0.15, -0.1) is 0 Å². The van der Waals surface area contributed by atoms with Gasteiger partial charge in [-0.25, -0.2) is 4.79 Å². The lowest BCUT2D eigenvalue weighted by Gasteiger charge is -2.44. The number of rotatable bonds is 10. The second-order valence-electron chi connectivity index (χ2n) is 7.01. The molecule has 0 saturated carbocycles. The first-order valence-electron chi connectivity index (χ1n) is 9.77. The lowest BCUT2D eigenvalue weighted by molar-refractivity contribution is -0.279. The average Bonchev–Trinajstić information content (AvgIpc) is 2.66. The summed E-state index contributed by atoms with van der Waals surface area (Å²) in [7, 11) is 0. The van der Waals surface area contributed by atoms with E-state index in [1.54, 1.807) is 0 Å². The van der Waals surface area contributed by atoms with Crippen molar-refractivity contribution in [3.63, 3.8) is 0 Å². The molecule has 12 nitrogen and oxygen atoms in total. The molecule has 0 aromatic rings. The van der Waals surface area contributed by atoms with Gasteiger partial charge in [-0.2, -0.15) is 0 Å². The molecule has 0 unspecified atom stereocenters. The van der Waals surface area contributed by atoms with Gasteiger partial charge < -0.3 is 33.7 Å². The molecule has 0 aromatic heterocycles. The quantitative estimate of drug-likeness (QED) is 0.200. The monoisotopic (exact) mass is 459 g/mol. The van der Waals surface area contributed by atoms with E-state index in [1.807, 2.05) is 0 Å². The van der Waals surface area contributed by atoms with E-state index in [-0.39, 0.29) is 25.4 Å². The summed E-state index contributed by atoms with van der Waals surface area (Å²) in [6, 6.07) is -1.09. The highest BCUT2D eigenvalue weighted by molar-refractivity contribution is 5.86. The summed E-state index contributed by atoms with van der Waals surface area (Å²) in [4.78, 5) is 58.0. The lowest BCUT2D eigenvalue weighted by Crippen LogP contribution is -2.66. The van der Waals surface area contributed by atoms with Gasteiger partial charge in [-0.05, 0) is 6.92 Å². The average molecular weight is 459 g/mol. The summed E-state index contributed by atoms with van der Waals surface area (Å²) in [5.74, 6) is -3.16. The number of esters is 4. The standard InChI is InChI=1S/C20H29NO11/c1-10(2)19(26)27-7-8-28-20-16(21-11(3)22)18(31-14(6)25)17(30-13(5)24)15(32-20)9-29-12(4)23/h15-18,20H,1,7-9H2,2-6H3,(H,21,22)/t15-,16-,17-,18-,20-/m1/s1.